The van der Waals surface area contributed by atoms with E-state index in [1.165, 1.54) is 0 Å². The number of rotatable bonds is 7. The summed E-state index contributed by atoms with van der Waals surface area (Å²) in [6.07, 6.45) is 4.60. The van der Waals surface area contributed by atoms with Crippen LogP contribution < -0.4 is 10.2 Å². The Morgan fingerprint density at radius 2 is 2.04 bits per heavy atom. The molecule has 1 fully saturated rings. The van der Waals surface area contributed by atoms with Crippen molar-refractivity contribution in [2.45, 2.75) is 13.3 Å². The zero-order chi connectivity index (χ0) is 19.3. The van der Waals surface area contributed by atoms with E-state index in [1.807, 2.05) is 35.0 Å². The molecule has 0 amide bonds. The molecular weight excluding hydrogens is 350 g/mol. The number of aromatic nitrogens is 3. The van der Waals surface area contributed by atoms with Crippen molar-refractivity contribution in [3.63, 3.8) is 0 Å². The van der Waals surface area contributed by atoms with Crippen LogP contribution in [0.4, 0.5) is 5.82 Å². The molecule has 6 heteroatoms. The molecule has 3 aromatic rings. The van der Waals surface area contributed by atoms with Crippen LogP contribution in [-0.4, -0.2) is 54.0 Å². The number of quaternary nitrogens is 1. The van der Waals surface area contributed by atoms with Gasteiger partial charge in [0, 0.05) is 16.8 Å². The van der Waals surface area contributed by atoms with Gasteiger partial charge in [-0.25, -0.2) is 4.98 Å². The largest absolute Gasteiger partial charge is 0.370 e. The Kier molecular flexibility index (Phi) is 5.69. The molecule has 0 spiro atoms. The molecule has 1 aromatic carbocycles. The number of anilines is 1. The number of benzene rings is 1. The van der Waals surface area contributed by atoms with Gasteiger partial charge in [0.15, 0.2) is 5.65 Å². The second-order valence-corrected chi connectivity index (χ2v) is 7.22. The van der Waals surface area contributed by atoms with Gasteiger partial charge in [-0.3, -0.25) is 0 Å². The van der Waals surface area contributed by atoms with Crippen LogP contribution in [-0.2, 0) is 11.2 Å². The summed E-state index contributed by atoms with van der Waals surface area (Å²) in [6, 6.07) is 10.3. The maximum absolute atomic E-state index is 5.46. The van der Waals surface area contributed by atoms with E-state index in [2.05, 4.69) is 36.1 Å². The van der Waals surface area contributed by atoms with Gasteiger partial charge in [-0.05, 0) is 18.9 Å². The maximum Gasteiger partial charge on any atom is 0.165 e. The van der Waals surface area contributed by atoms with Crippen LogP contribution in [0.3, 0.4) is 0 Å². The van der Waals surface area contributed by atoms with Crippen molar-refractivity contribution in [3.8, 4) is 11.1 Å². The number of allylic oxidation sites excluding steroid dienone is 1. The molecule has 2 aromatic heterocycles. The number of hydrogen-bond donors (Lipinski definition) is 2. The zero-order valence-electron chi connectivity index (χ0n) is 16.4. The fourth-order valence-electron chi connectivity index (χ4n) is 3.80. The van der Waals surface area contributed by atoms with Crippen molar-refractivity contribution >= 4 is 11.5 Å². The predicted molar refractivity (Wildman–Crippen MR) is 112 cm³/mol. The quantitative estimate of drug-likeness (QED) is 0.615. The summed E-state index contributed by atoms with van der Waals surface area (Å²) in [5.74, 6) is 1.03. The summed E-state index contributed by atoms with van der Waals surface area (Å²) in [5, 5.41) is 8.32. The zero-order valence-corrected chi connectivity index (χ0v) is 16.4. The van der Waals surface area contributed by atoms with Gasteiger partial charge in [-0.2, -0.15) is 9.61 Å². The number of hydrogen-bond acceptors (Lipinski definition) is 4. The molecule has 0 radical (unpaired) electrons. The first-order chi connectivity index (χ1) is 13.8. The molecule has 0 aliphatic carbocycles. The van der Waals surface area contributed by atoms with E-state index >= 15 is 0 Å². The minimum absolute atomic E-state index is 0.766. The van der Waals surface area contributed by atoms with Gasteiger partial charge in [0.1, 0.15) is 18.9 Å². The number of ether oxygens (including phenoxy) is 1. The Bertz CT molecular complexity index is 944. The number of nitrogens with zero attached hydrogens (tertiary/aromatic N) is 3. The summed E-state index contributed by atoms with van der Waals surface area (Å²) < 4.78 is 7.41. The highest BCUT2D eigenvalue weighted by Gasteiger charge is 2.18. The highest BCUT2D eigenvalue weighted by molar-refractivity contribution is 5.78. The Morgan fingerprint density at radius 3 is 2.79 bits per heavy atom. The van der Waals surface area contributed by atoms with E-state index < -0.39 is 0 Å². The monoisotopic (exact) mass is 378 g/mol. The van der Waals surface area contributed by atoms with Gasteiger partial charge < -0.3 is 15.0 Å². The van der Waals surface area contributed by atoms with Crippen LogP contribution in [0.15, 0.2) is 49.2 Å². The topological polar surface area (TPSA) is 55.9 Å². The number of aryl methyl sites for hydroxylation is 1. The molecule has 1 aliphatic rings. The summed E-state index contributed by atoms with van der Waals surface area (Å²) in [4.78, 5) is 6.46. The van der Waals surface area contributed by atoms with Gasteiger partial charge in [0.05, 0.1) is 32.5 Å². The van der Waals surface area contributed by atoms with E-state index in [9.17, 15) is 0 Å². The highest BCUT2D eigenvalue weighted by atomic mass is 16.5. The molecule has 1 saturated heterocycles. The molecule has 1 aliphatic heterocycles. The van der Waals surface area contributed by atoms with Gasteiger partial charge in [-0.15, -0.1) is 6.58 Å². The van der Waals surface area contributed by atoms with Crippen molar-refractivity contribution in [3.05, 3.63) is 60.4 Å². The third-order valence-electron chi connectivity index (χ3n) is 5.36. The van der Waals surface area contributed by atoms with Crippen molar-refractivity contribution in [1.29, 1.82) is 0 Å². The van der Waals surface area contributed by atoms with Gasteiger partial charge in [0.2, 0.25) is 0 Å². The SMILES string of the molecule is C=CCc1c(C)nc2c(-c3ccccc3)cnn2c1NCC[NH+]1CCOCC1. The molecule has 0 bridgehead atoms. The van der Waals surface area contributed by atoms with Crippen molar-refractivity contribution in [2.75, 3.05) is 44.7 Å². The smallest absolute Gasteiger partial charge is 0.165 e. The summed E-state index contributed by atoms with van der Waals surface area (Å²) in [7, 11) is 0. The predicted octanol–water partition coefficient (Wildman–Crippen LogP) is 1.76. The molecule has 28 heavy (non-hydrogen) atoms. The van der Waals surface area contributed by atoms with Crippen LogP contribution in [0, 0.1) is 6.92 Å². The lowest BCUT2D eigenvalue weighted by molar-refractivity contribution is -0.906. The molecule has 6 nitrogen and oxygen atoms in total. The van der Waals surface area contributed by atoms with Crippen LogP contribution in [0.25, 0.3) is 16.8 Å². The minimum Gasteiger partial charge on any atom is -0.370 e. The number of fused-ring (bicyclic) bond motifs is 1. The van der Waals surface area contributed by atoms with Crippen LogP contribution in [0.1, 0.15) is 11.3 Å². The first kappa shape index (κ1) is 18.7. The molecule has 3 heterocycles. The lowest BCUT2D eigenvalue weighted by Gasteiger charge is -2.24. The molecule has 0 saturated carbocycles. The van der Waals surface area contributed by atoms with Gasteiger partial charge in [0.25, 0.3) is 0 Å². The summed E-state index contributed by atoms with van der Waals surface area (Å²) in [5.41, 5.74) is 5.24. The van der Waals surface area contributed by atoms with Gasteiger partial charge in [-0.1, -0.05) is 36.4 Å². The van der Waals surface area contributed by atoms with E-state index in [-0.39, 0.29) is 0 Å². The molecule has 2 N–H and O–H groups in total. The Hall–Kier alpha value is -2.70. The van der Waals surface area contributed by atoms with E-state index in [0.717, 1.165) is 79.7 Å². The number of nitrogens with one attached hydrogen (secondary N) is 2. The van der Waals surface area contributed by atoms with Gasteiger partial charge >= 0.3 is 0 Å². The normalized spacial score (nSPS) is 15.0. The van der Waals surface area contributed by atoms with Crippen molar-refractivity contribution in [1.82, 2.24) is 14.6 Å². The molecule has 146 valence electrons. The van der Waals surface area contributed by atoms with Crippen LogP contribution >= 0.6 is 0 Å². The maximum atomic E-state index is 5.46. The second-order valence-electron chi connectivity index (χ2n) is 7.22. The first-order valence-corrected chi connectivity index (χ1v) is 9.96. The lowest BCUT2D eigenvalue weighted by Crippen LogP contribution is -3.14. The van der Waals surface area contributed by atoms with E-state index in [4.69, 9.17) is 9.72 Å². The fraction of sp³-hybridized carbons (Fsp3) is 0.364. The summed E-state index contributed by atoms with van der Waals surface area (Å²) >= 11 is 0. The molecule has 0 atom stereocenters. The van der Waals surface area contributed by atoms with Crippen LogP contribution in [0.2, 0.25) is 0 Å². The minimum atomic E-state index is 0.766. The number of morpholine rings is 1. The Morgan fingerprint density at radius 1 is 1.25 bits per heavy atom. The average molecular weight is 379 g/mol. The second kappa shape index (κ2) is 8.54. The third-order valence-corrected chi connectivity index (χ3v) is 5.36. The molecule has 4 rings (SSSR count). The first-order valence-electron chi connectivity index (χ1n) is 9.96. The average Bonchev–Trinajstić information content (AvgIpc) is 3.15. The standard InChI is InChI=1S/C22H27N5O/c1-3-7-19-17(2)25-22-20(18-8-5-4-6-9-18)16-24-27(22)21(19)23-10-11-26-12-14-28-15-13-26/h3-6,8-9,16,23H,1,7,10-15H2,2H3/p+1. The van der Waals surface area contributed by atoms with Crippen molar-refractivity contribution < 1.29 is 9.64 Å². The molecular formula is C22H28N5O+. The molecule has 0 unspecified atom stereocenters. The summed E-state index contributed by atoms with van der Waals surface area (Å²) in [6.45, 7) is 11.8. The van der Waals surface area contributed by atoms with Crippen LogP contribution in [0.5, 0.6) is 0 Å². The van der Waals surface area contributed by atoms with E-state index in [1.54, 1.807) is 4.90 Å². The third kappa shape index (κ3) is 3.79. The fourth-order valence-corrected chi connectivity index (χ4v) is 3.80. The highest BCUT2D eigenvalue weighted by Crippen LogP contribution is 2.28. The Labute approximate surface area is 165 Å². The van der Waals surface area contributed by atoms with Crippen molar-refractivity contribution in [2.24, 2.45) is 0 Å². The lowest BCUT2D eigenvalue weighted by atomic mass is 10.1. The Balaban J connectivity index is 1.66. The van der Waals surface area contributed by atoms with E-state index in [0.29, 0.717) is 0 Å².